The van der Waals surface area contributed by atoms with Gasteiger partial charge in [-0.1, -0.05) is 0 Å². The van der Waals surface area contributed by atoms with Gasteiger partial charge in [-0.15, -0.1) is 0 Å². The number of hydrogen-bond acceptors (Lipinski definition) is 4. The molecule has 0 bridgehead atoms. The van der Waals surface area contributed by atoms with Gasteiger partial charge in [0.2, 0.25) is 0 Å². The topological polar surface area (TPSA) is 55.6 Å². The van der Waals surface area contributed by atoms with Crippen molar-refractivity contribution < 1.29 is 9.53 Å². The molecule has 70 valence electrons. The van der Waals surface area contributed by atoms with Crippen molar-refractivity contribution in [1.29, 1.82) is 0 Å². The monoisotopic (exact) mass is 172 g/mol. The van der Waals surface area contributed by atoms with Gasteiger partial charge in [-0.25, -0.2) is 0 Å². The lowest BCUT2D eigenvalue weighted by atomic mass is 10.0. The number of carbonyl (C=O) groups excluding carboxylic acids is 1. The third-order valence-electron chi connectivity index (χ3n) is 2.41. The highest BCUT2D eigenvalue weighted by molar-refractivity contribution is 5.75. The lowest BCUT2D eigenvalue weighted by Gasteiger charge is -2.16. The van der Waals surface area contributed by atoms with Gasteiger partial charge in [0.25, 0.3) is 0 Å². The van der Waals surface area contributed by atoms with Crippen LogP contribution in [0.5, 0.6) is 0 Å². The fourth-order valence-electron chi connectivity index (χ4n) is 1.59. The number of hydrogen-bond donors (Lipinski definition) is 1. The second kappa shape index (κ2) is 3.87. The molecule has 1 aliphatic rings. The van der Waals surface area contributed by atoms with Crippen LogP contribution in [-0.4, -0.2) is 44.2 Å². The molecule has 2 unspecified atom stereocenters. The van der Waals surface area contributed by atoms with E-state index in [9.17, 15) is 4.79 Å². The number of likely N-dealkylation sites (tertiary alicyclic amines) is 1. The van der Waals surface area contributed by atoms with Crippen molar-refractivity contribution in [3.63, 3.8) is 0 Å². The van der Waals surface area contributed by atoms with Crippen LogP contribution in [0.4, 0.5) is 0 Å². The Labute approximate surface area is 72.7 Å². The van der Waals surface area contributed by atoms with Crippen LogP contribution in [0.15, 0.2) is 0 Å². The third kappa shape index (κ3) is 1.95. The predicted octanol–water partition coefficient (Wildman–Crippen LogP) is -0.562. The van der Waals surface area contributed by atoms with Crippen LogP contribution < -0.4 is 5.73 Å². The largest absolute Gasteiger partial charge is 0.468 e. The fraction of sp³-hybridized carbons (Fsp3) is 0.875. The number of nitrogens with two attached hydrogens (primary N) is 1. The van der Waals surface area contributed by atoms with Crippen LogP contribution in [0.1, 0.15) is 6.42 Å². The molecule has 1 heterocycles. The summed E-state index contributed by atoms with van der Waals surface area (Å²) in [6.45, 7) is 1.92. The summed E-state index contributed by atoms with van der Waals surface area (Å²) in [6.07, 6.45) is 0.993. The number of carbonyl (C=O) groups is 1. The first-order chi connectivity index (χ1) is 5.65. The first-order valence-electron chi connectivity index (χ1n) is 4.17. The summed E-state index contributed by atoms with van der Waals surface area (Å²) in [6, 6.07) is -0.444. The van der Waals surface area contributed by atoms with E-state index in [0.29, 0.717) is 0 Å². The van der Waals surface area contributed by atoms with Crippen LogP contribution in [0.3, 0.4) is 0 Å². The summed E-state index contributed by atoms with van der Waals surface area (Å²) in [4.78, 5) is 13.2. The number of rotatable bonds is 2. The van der Waals surface area contributed by atoms with E-state index in [1.54, 1.807) is 0 Å². The van der Waals surface area contributed by atoms with Crippen LogP contribution in [0, 0.1) is 5.92 Å². The molecule has 0 aromatic rings. The minimum atomic E-state index is -0.444. The summed E-state index contributed by atoms with van der Waals surface area (Å²) < 4.78 is 4.58. The molecule has 1 saturated heterocycles. The number of nitrogens with zero attached hydrogens (tertiary/aromatic N) is 1. The molecule has 4 heteroatoms. The summed E-state index contributed by atoms with van der Waals surface area (Å²) in [5, 5.41) is 0. The Bertz CT molecular complexity index is 172. The molecule has 0 radical (unpaired) electrons. The van der Waals surface area contributed by atoms with E-state index in [-0.39, 0.29) is 11.9 Å². The molecule has 4 nitrogen and oxygen atoms in total. The Hall–Kier alpha value is -0.610. The van der Waals surface area contributed by atoms with Crippen LogP contribution in [0.25, 0.3) is 0 Å². The minimum absolute atomic E-state index is 0.266. The second-order valence-electron chi connectivity index (χ2n) is 3.36. The van der Waals surface area contributed by atoms with Crippen molar-refractivity contribution in [2.45, 2.75) is 12.5 Å². The van der Waals surface area contributed by atoms with Crippen molar-refractivity contribution in [1.82, 2.24) is 4.90 Å². The van der Waals surface area contributed by atoms with Crippen molar-refractivity contribution in [3.05, 3.63) is 0 Å². The molecule has 2 N–H and O–H groups in total. The van der Waals surface area contributed by atoms with E-state index in [1.165, 1.54) is 7.11 Å². The summed E-state index contributed by atoms with van der Waals surface area (Å²) in [5.41, 5.74) is 5.69. The van der Waals surface area contributed by atoms with Crippen molar-refractivity contribution in [3.8, 4) is 0 Å². The van der Waals surface area contributed by atoms with Gasteiger partial charge in [0.05, 0.1) is 7.11 Å². The van der Waals surface area contributed by atoms with Gasteiger partial charge in [0.15, 0.2) is 0 Å². The maximum atomic E-state index is 11.0. The van der Waals surface area contributed by atoms with E-state index < -0.39 is 6.04 Å². The Morgan fingerprint density at radius 1 is 1.75 bits per heavy atom. The third-order valence-corrected chi connectivity index (χ3v) is 2.41. The van der Waals surface area contributed by atoms with E-state index in [2.05, 4.69) is 9.64 Å². The maximum absolute atomic E-state index is 11.0. The Kier molecular flexibility index (Phi) is 3.05. The molecule has 1 aliphatic heterocycles. The molecular weight excluding hydrogens is 156 g/mol. The van der Waals surface area contributed by atoms with Gasteiger partial charge in [-0.2, -0.15) is 0 Å². The summed E-state index contributed by atoms with van der Waals surface area (Å²) in [7, 11) is 3.41. The summed E-state index contributed by atoms with van der Waals surface area (Å²) >= 11 is 0. The Balaban J connectivity index is 2.42. The molecule has 0 aliphatic carbocycles. The fourth-order valence-corrected chi connectivity index (χ4v) is 1.59. The molecule has 2 atom stereocenters. The standard InChI is InChI=1S/C8H16N2O2/c1-10-4-3-6(5-10)7(9)8(11)12-2/h6-7H,3-5,9H2,1-2H3. The lowest BCUT2D eigenvalue weighted by Crippen LogP contribution is -2.40. The molecule has 0 aromatic carbocycles. The number of ether oxygens (including phenoxy) is 1. The van der Waals surface area contributed by atoms with Gasteiger partial charge in [-0.3, -0.25) is 4.79 Å². The highest BCUT2D eigenvalue weighted by Crippen LogP contribution is 2.17. The molecule has 0 aromatic heterocycles. The average molecular weight is 172 g/mol. The average Bonchev–Trinajstić information content (AvgIpc) is 2.49. The normalized spacial score (nSPS) is 27.1. The quantitative estimate of drug-likeness (QED) is 0.567. The van der Waals surface area contributed by atoms with Crippen molar-refractivity contribution >= 4 is 5.97 Å². The van der Waals surface area contributed by atoms with Gasteiger partial charge in [0, 0.05) is 6.54 Å². The van der Waals surface area contributed by atoms with E-state index >= 15 is 0 Å². The van der Waals surface area contributed by atoms with E-state index in [4.69, 9.17) is 5.73 Å². The first-order valence-corrected chi connectivity index (χ1v) is 4.17. The van der Waals surface area contributed by atoms with Crippen LogP contribution in [-0.2, 0) is 9.53 Å². The van der Waals surface area contributed by atoms with Crippen molar-refractivity contribution in [2.75, 3.05) is 27.2 Å². The molecule has 12 heavy (non-hydrogen) atoms. The molecular formula is C8H16N2O2. The number of methoxy groups -OCH3 is 1. The predicted molar refractivity (Wildman–Crippen MR) is 45.6 cm³/mol. The second-order valence-corrected chi connectivity index (χ2v) is 3.36. The molecule has 0 amide bonds. The van der Waals surface area contributed by atoms with Gasteiger partial charge in [0.1, 0.15) is 6.04 Å². The van der Waals surface area contributed by atoms with Crippen LogP contribution in [0.2, 0.25) is 0 Å². The Morgan fingerprint density at radius 2 is 2.42 bits per heavy atom. The molecule has 1 fully saturated rings. The highest BCUT2D eigenvalue weighted by Gasteiger charge is 2.30. The van der Waals surface area contributed by atoms with Crippen LogP contribution >= 0.6 is 0 Å². The highest BCUT2D eigenvalue weighted by atomic mass is 16.5. The summed E-state index contributed by atoms with van der Waals surface area (Å²) in [5.74, 6) is -0.0299. The number of esters is 1. The Morgan fingerprint density at radius 3 is 2.83 bits per heavy atom. The molecule has 0 saturated carbocycles. The van der Waals surface area contributed by atoms with Gasteiger partial charge in [-0.05, 0) is 25.9 Å². The zero-order valence-electron chi connectivity index (χ0n) is 7.62. The van der Waals surface area contributed by atoms with Gasteiger partial charge < -0.3 is 15.4 Å². The van der Waals surface area contributed by atoms with Gasteiger partial charge >= 0.3 is 5.97 Å². The maximum Gasteiger partial charge on any atom is 0.322 e. The zero-order chi connectivity index (χ0) is 9.14. The van der Waals surface area contributed by atoms with E-state index in [1.807, 2.05) is 7.05 Å². The zero-order valence-corrected chi connectivity index (χ0v) is 7.62. The van der Waals surface area contributed by atoms with Crippen molar-refractivity contribution in [2.24, 2.45) is 11.7 Å². The molecule has 1 rings (SSSR count). The first kappa shape index (κ1) is 9.48. The van der Waals surface area contributed by atoms with E-state index in [0.717, 1.165) is 19.5 Å². The SMILES string of the molecule is COC(=O)C(N)C1CCN(C)C1. The lowest BCUT2D eigenvalue weighted by molar-refractivity contribution is -0.143. The smallest absolute Gasteiger partial charge is 0.322 e. The minimum Gasteiger partial charge on any atom is -0.468 e. The molecule has 0 spiro atoms.